The molecule has 1 atom stereocenters. The Morgan fingerprint density at radius 1 is 1.45 bits per heavy atom. The smallest absolute Gasteiger partial charge is 0.326 e. The van der Waals surface area contributed by atoms with Crippen molar-refractivity contribution >= 4 is 17.6 Å². The molecule has 1 aromatic carbocycles. The van der Waals surface area contributed by atoms with Gasteiger partial charge in [0.1, 0.15) is 17.4 Å². The molecule has 0 saturated heterocycles. The van der Waals surface area contributed by atoms with Gasteiger partial charge in [0.25, 0.3) is 11.6 Å². The van der Waals surface area contributed by atoms with Crippen molar-refractivity contribution < 1.29 is 24.0 Å². The van der Waals surface area contributed by atoms with Gasteiger partial charge in [0.05, 0.1) is 4.92 Å². The van der Waals surface area contributed by atoms with E-state index in [0.717, 1.165) is 18.2 Å². The van der Waals surface area contributed by atoms with E-state index in [2.05, 4.69) is 5.32 Å². The monoisotopic (exact) mass is 282 g/mol. The number of rotatable bonds is 5. The van der Waals surface area contributed by atoms with E-state index in [-0.39, 0.29) is 5.92 Å². The Bertz CT molecular complexity index is 585. The highest BCUT2D eigenvalue weighted by atomic mass is 19.1. The zero-order chi connectivity index (χ0) is 14.9. The number of hydrogen-bond acceptors (Lipinski definition) is 4. The summed E-state index contributed by atoms with van der Waals surface area (Å²) in [6.45, 7) is 0. The third-order valence-electron chi connectivity index (χ3n) is 3.05. The number of aliphatic carboxylic acids is 1. The number of carbonyl (C=O) groups is 2. The molecule has 106 valence electrons. The second-order valence-corrected chi connectivity index (χ2v) is 4.55. The Morgan fingerprint density at radius 3 is 2.60 bits per heavy atom. The molecule has 1 aliphatic rings. The van der Waals surface area contributed by atoms with Gasteiger partial charge in [-0.05, 0) is 30.9 Å². The van der Waals surface area contributed by atoms with E-state index >= 15 is 0 Å². The van der Waals surface area contributed by atoms with Crippen molar-refractivity contribution in [2.75, 3.05) is 0 Å². The second-order valence-electron chi connectivity index (χ2n) is 4.55. The molecule has 8 heteroatoms. The van der Waals surface area contributed by atoms with Crippen molar-refractivity contribution in [3.63, 3.8) is 0 Å². The van der Waals surface area contributed by atoms with Crippen LogP contribution in [0.1, 0.15) is 23.2 Å². The largest absolute Gasteiger partial charge is 0.480 e. The molecule has 2 N–H and O–H groups in total. The van der Waals surface area contributed by atoms with E-state index in [1.54, 1.807) is 0 Å². The van der Waals surface area contributed by atoms with Crippen LogP contribution in [0.5, 0.6) is 0 Å². The highest BCUT2D eigenvalue weighted by molar-refractivity contribution is 6.00. The van der Waals surface area contributed by atoms with Gasteiger partial charge in [-0.25, -0.2) is 9.18 Å². The fourth-order valence-electron chi connectivity index (χ4n) is 1.88. The Labute approximate surface area is 112 Å². The van der Waals surface area contributed by atoms with Crippen LogP contribution in [0, 0.1) is 21.8 Å². The van der Waals surface area contributed by atoms with E-state index < -0.39 is 39.9 Å². The maximum absolute atomic E-state index is 13.1. The van der Waals surface area contributed by atoms with Gasteiger partial charge in [0, 0.05) is 6.07 Å². The Hall–Kier alpha value is -2.51. The molecule has 0 spiro atoms. The standard InChI is InChI=1S/C12H11FN2O5/c13-7-3-4-9(15(19)20)8(5-7)11(16)14-10(12(17)18)6-1-2-6/h3-6,10H,1-2H2,(H,14,16)(H,17,18). The van der Waals surface area contributed by atoms with Crippen LogP contribution in [0.4, 0.5) is 10.1 Å². The van der Waals surface area contributed by atoms with Crippen molar-refractivity contribution in [2.45, 2.75) is 18.9 Å². The molecule has 7 nitrogen and oxygen atoms in total. The molecular formula is C12H11FN2O5. The van der Waals surface area contributed by atoms with E-state index in [1.165, 1.54) is 0 Å². The molecule has 0 radical (unpaired) electrons. The molecule has 0 heterocycles. The average Bonchev–Trinajstić information content (AvgIpc) is 3.18. The van der Waals surface area contributed by atoms with Crippen molar-refractivity contribution in [3.05, 3.63) is 39.7 Å². The molecule has 0 aliphatic heterocycles. The van der Waals surface area contributed by atoms with Gasteiger partial charge in [-0.1, -0.05) is 0 Å². The summed E-state index contributed by atoms with van der Waals surface area (Å²) in [4.78, 5) is 32.9. The molecule has 1 saturated carbocycles. The first-order valence-electron chi connectivity index (χ1n) is 5.87. The number of nitrogens with one attached hydrogen (secondary N) is 1. The second kappa shape index (κ2) is 5.24. The van der Waals surface area contributed by atoms with Crippen LogP contribution < -0.4 is 5.32 Å². The molecule has 2 rings (SSSR count). The van der Waals surface area contributed by atoms with E-state index in [1.807, 2.05) is 0 Å². The Morgan fingerprint density at radius 2 is 2.10 bits per heavy atom. The van der Waals surface area contributed by atoms with Crippen molar-refractivity contribution in [1.82, 2.24) is 5.32 Å². The number of amides is 1. The lowest BCUT2D eigenvalue weighted by Crippen LogP contribution is -2.42. The molecule has 1 aliphatic carbocycles. The van der Waals surface area contributed by atoms with E-state index in [0.29, 0.717) is 12.8 Å². The lowest BCUT2D eigenvalue weighted by atomic mass is 10.1. The van der Waals surface area contributed by atoms with Gasteiger partial charge >= 0.3 is 5.97 Å². The van der Waals surface area contributed by atoms with Crippen molar-refractivity contribution in [1.29, 1.82) is 0 Å². The van der Waals surface area contributed by atoms with E-state index in [4.69, 9.17) is 5.11 Å². The van der Waals surface area contributed by atoms with Gasteiger partial charge in [-0.3, -0.25) is 14.9 Å². The summed E-state index contributed by atoms with van der Waals surface area (Å²) >= 11 is 0. The van der Waals surface area contributed by atoms with Crippen LogP contribution >= 0.6 is 0 Å². The Kier molecular flexibility index (Phi) is 3.64. The number of nitrogens with zero attached hydrogens (tertiary/aromatic N) is 1. The van der Waals surface area contributed by atoms with Gasteiger partial charge in [0.2, 0.25) is 0 Å². The summed E-state index contributed by atoms with van der Waals surface area (Å²) in [6.07, 6.45) is 1.34. The first-order chi connectivity index (χ1) is 9.40. The number of halogens is 1. The number of hydrogen-bond donors (Lipinski definition) is 2. The molecule has 1 unspecified atom stereocenters. The summed E-state index contributed by atoms with van der Waals surface area (Å²) in [5.74, 6) is -3.15. The zero-order valence-electron chi connectivity index (χ0n) is 10.2. The summed E-state index contributed by atoms with van der Waals surface area (Å²) in [7, 11) is 0. The predicted molar refractivity (Wildman–Crippen MR) is 64.7 cm³/mol. The number of benzene rings is 1. The van der Waals surface area contributed by atoms with Crippen LogP contribution in [0.3, 0.4) is 0 Å². The van der Waals surface area contributed by atoms with Crippen LogP contribution in [-0.4, -0.2) is 27.9 Å². The highest BCUT2D eigenvalue weighted by Crippen LogP contribution is 2.33. The quantitative estimate of drug-likeness (QED) is 0.625. The molecule has 1 fully saturated rings. The number of carboxylic acid groups (broad SMARTS) is 1. The lowest BCUT2D eigenvalue weighted by Gasteiger charge is -2.13. The SMILES string of the molecule is O=C(NC(C(=O)O)C1CC1)c1cc(F)ccc1[N+](=O)[O-]. The fourth-order valence-corrected chi connectivity index (χ4v) is 1.88. The van der Waals surface area contributed by atoms with Gasteiger partial charge < -0.3 is 10.4 Å². The minimum atomic E-state index is -1.21. The predicted octanol–water partition coefficient (Wildman–Crippen LogP) is 1.33. The average molecular weight is 282 g/mol. The van der Waals surface area contributed by atoms with Crippen LogP contribution in [0.25, 0.3) is 0 Å². The van der Waals surface area contributed by atoms with E-state index in [9.17, 15) is 24.1 Å². The molecule has 20 heavy (non-hydrogen) atoms. The lowest BCUT2D eigenvalue weighted by molar-refractivity contribution is -0.385. The number of nitro groups is 1. The third-order valence-corrected chi connectivity index (χ3v) is 3.05. The number of nitro benzene ring substituents is 1. The highest BCUT2D eigenvalue weighted by Gasteiger charge is 2.38. The van der Waals surface area contributed by atoms with Crippen LogP contribution in [-0.2, 0) is 4.79 Å². The summed E-state index contributed by atoms with van der Waals surface area (Å²) in [5.41, 5.74) is -1.05. The normalized spacial score (nSPS) is 15.4. The van der Waals surface area contributed by atoms with Crippen LogP contribution in [0.2, 0.25) is 0 Å². The van der Waals surface area contributed by atoms with Crippen molar-refractivity contribution in [3.8, 4) is 0 Å². The topological polar surface area (TPSA) is 110 Å². The summed E-state index contributed by atoms with van der Waals surface area (Å²) in [6, 6.07) is 1.35. The first-order valence-corrected chi connectivity index (χ1v) is 5.87. The maximum Gasteiger partial charge on any atom is 0.326 e. The summed E-state index contributed by atoms with van der Waals surface area (Å²) < 4.78 is 13.1. The van der Waals surface area contributed by atoms with Crippen molar-refractivity contribution in [2.24, 2.45) is 5.92 Å². The van der Waals surface area contributed by atoms with Gasteiger partial charge in [0.15, 0.2) is 0 Å². The molecule has 1 aromatic rings. The summed E-state index contributed by atoms with van der Waals surface area (Å²) in [5, 5.41) is 22.0. The first kappa shape index (κ1) is 13.9. The minimum Gasteiger partial charge on any atom is -0.480 e. The maximum atomic E-state index is 13.1. The molecular weight excluding hydrogens is 271 g/mol. The number of carboxylic acids is 1. The molecule has 0 aromatic heterocycles. The molecule has 0 bridgehead atoms. The van der Waals surface area contributed by atoms with Crippen LogP contribution in [0.15, 0.2) is 18.2 Å². The zero-order valence-corrected chi connectivity index (χ0v) is 10.2. The van der Waals surface area contributed by atoms with Gasteiger partial charge in [-0.2, -0.15) is 0 Å². The number of carbonyl (C=O) groups excluding carboxylic acids is 1. The molecule has 1 amide bonds. The minimum absolute atomic E-state index is 0.177. The Balaban J connectivity index is 2.26. The fraction of sp³-hybridized carbons (Fsp3) is 0.333. The third kappa shape index (κ3) is 2.90. The van der Waals surface area contributed by atoms with Gasteiger partial charge in [-0.15, -0.1) is 0 Å².